The van der Waals surface area contributed by atoms with Crippen molar-refractivity contribution in [2.45, 2.75) is 26.9 Å². The van der Waals surface area contributed by atoms with Gasteiger partial charge in [0.05, 0.1) is 25.1 Å². The monoisotopic (exact) mass is 496 g/mol. The summed E-state index contributed by atoms with van der Waals surface area (Å²) >= 11 is 0. The van der Waals surface area contributed by atoms with E-state index in [2.05, 4.69) is 10.4 Å². The molecule has 5 aromatic rings. The molecular weight excluding hydrogens is 468 g/mol. The zero-order valence-electron chi connectivity index (χ0n) is 20.8. The van der Waals surface area contributed by atoms with Gasteiger partial charge in [-0.2, -0.15) is 5.10 Å². The molecular formula is C29H28N4O4. The first kappa shape index (κ1) is 24.1. The number of hydrogen-bond acceptors (Lipinski definition) is 5. The highest BCUT2D eigenvalue weighted by atomic mass is 16.5. The van der Waals surface area contributed by atoms with Crippen molar-refractivity contribution < 1.29 is 14.3 Å². The summed E-state index contributed by atoms with van der Waals surface area (Å²) in [5.74, 6) is 0.746. The maximum absolute atomic E-state index is 13.7. The van der Waals surface area contributed by atoms with Crippen molar-refractivity contribution in [1.82, 2.24) is 14.3 Å². The number of nitrogens with zero attached hydrogens (tertiary/aromatic N) is 3. The van der Waals surface area contributed by atoms with E-state index < -0.39 is 5.91 Å². The lowest BCUT2D eigenvalue weighted by molar-refractivity contribution is -0.117. The molecule has 0 atom stereocenters. The van der Waals surface area contributed by atoms with Crippen LogP contribution in [0.1, 0.15) is 19.4 Å². The number of anilines is 1. The van der Waals surface area contributed by atoms with E-state index in [-0.39, 0.29) is 12.1 Å². The van der Waals surface area contributed by atoms with Crippen LogP contribution >= 0.6 is 0 Å². The Bertz CT molecular complexity index is 1620. The van der Waals surface area contributed by atoms with E-state index in [0.29, 0.717) is 42.5 Å². The third-order valence-corrected chi connectivity index (χ3v) is 6.09. The van der Waals surface area contributed by atoms with Crippen molar-refractivity contribution in [1.29, 1.82) is 0 Å². The number of carbonyl (C=O) groups excluding carboxylic acids is 1. The summed E-state index contributed by atoms with van der Waals surface area (Å²) in [4.78, 5) is 26.7. The van der Waals surface area contributed by atoms with Crippen LogP contribution in [0.15, 0.2) is 83.8 Å². The average Bonchev–Trinajstić information content (AvgIpc) is 3.22. The summed E-state index contributed by atoms with van der Waals surface area (Å²) in [7, 11) is 0. The number of para-hydroxylation sites is 1. The molecule has 8 heteroatoms. The fourth-order valence-corrected chi connectivity index (χ4v) is 4.51. The van der Waals surface area contributed by atoms with Gasteiger partial charge in [0.15, 0.2) is 0 Å². The Morgan fingerprint density at radius 2 is 1.68 bits per heavy atom. The summed E-state index contributed by atoms with van der Waals surface area (Å²) in [5, 5.41) is 8.90. The maximum atomic E-state index is 13.7. The number of nitrogens with one attached hydrogen (secondary N) is 1. The highest BCUT2D eigenvalue weighted by molar-refractivity contribution is 6.07. The van der Waals surface area contributed by atoms with Crippen LogP contribution in [0.3, 0.4) is 0 Å². The number of benzene rings is 3. The molecule has 0 aliphatic carbocycles. The molecule has 37 heavy (non-hydrogen) atoms. The molecule has 8 nitrogen and oxygen atoms in total. The molecule has 0 fully saturated rings. The van der Waals surface area contributed by atoms with Crippen molar-refractivity contribution in [3.8, 4) is 11.5 Å². The lowest BCUT2D eigenvalue weighted by Gasteiger charge is -2.14. The number of rotatable bonds is 9. The molecule has 0 radical (unpaired) electrons. The SMILES string of the molecule is CCOc1ccc(OCC)c(NC(=O)Cn2ncc3c4ccccc4n(Cc4ccccc4)c3c2=O)c1. The van der Waals surface area contributed by atoms with E-state index in [1.54, 1.807) is 24.4 Å². The lowest BCUT2D eigenvalue weighted by Crippen LogP contribution is -2.30. The Morgan fingerprint density at radius 1 is 0.919 bits per heavy atom. The van der Waals surface area contributed by atoms with E-state index >= 15 is 0 Å². The summed E-state index contributed by atoms with van der Waals surface area (Å²) < 4.78 is 14.4. The fraction of sp³-hybridized carbons (Fsp3) is 0.207. The van der Waals surface area contributed by atoms with Crippen LogP contribution in [0, 0.1) is 0 Å². The molecule has 0 spiro atoms. The maximum Gasteiger partial charge on any atom is 0.291 e. The van der Waals surface area contributed by atoms with Gasteiger partial charge in [0.25, 0.3) is 5.56 Å². The lowest BCUT2D eigenvalue weighted by atomic mass is 10.2. The van der Waals surface area contributed by atoms with Gasteiger partial charge in [-0.05, 0) is 37.6 Å². The van der Waals surface area contributed by atoms with Gasteiger partial charge in [0, 0.05) is 28.9 Å². The number of hydrogen-bond donors (Lipinski definition) is 1. The number of fused-ring (bicyclic) bond motifs is 3. The Labute approximate surface area is 214 Å². The van der Waals surface area contributed by atoms with Gasteiger partial charge in [-0.3, -0.25) is 9.59 Å². The fourth-order valence-electron chi connectivity index (χ4n) is 4.51. The summed E-state index contributed by atoms with van der Waals surface area (Å²) in [5.41, 5.74) is 2.68. The number of aromatic nitrogens is 3. The van der Waals surface area contributed by atoms with Crippen molar-refractivity contribution in [2.75, 3.05) is 18.5 Å². The second-order valence-electron chi connectivity index (χ2n) is 8.53. The van der Waals surface area contributed by atoms with Gasteiger partial charge in [-0.15, -0.1) is 0 Å². The van der Waals surface area contributed by atoms with Gasteiger partial charge in [-0.25, -0.2) is 4.68 Å². The van der Waals surface area contributed by atoms with E-state index in [4.69, 9.17) is 9.47 Å². The van der Waals surface area contributed by atoms with E-state index in [1.165, 1.54) is 4.68 Å². The molecule has 0 unspecified atom stereocenters. The van der Waals surface area contributed by atoms with Crippen LogP contribution in [0.5, 0.6) is 11.5 Å². The van der Waals surface area contributed by atoms with Gasteiger partial charge in [-0.1, -0.05) is 48.5 Å². The molecule has 1 N–H and O–H groups in total. The van der Waals surface area contributed by atoms with E-state index in [1.807, 2.05) is 73.0 Å². The predicted molar refractivity (Wildman–Crippen MR) is 144 cm³/mol. The zero-order chi connectivity index (χ0) is 25.8. The molecule has 0 aliphatic rings. The van der Waals surface area contributed by atoms with Crippen molar-refractivity contribution >= 4 is 33.4 Å². The molecule has 0 aliphatic heterocycles. The number of amides is 1. The van der Waals surface area contributed by atoms with Gasteiger partial charge in [0.1, 0.15) is 23.6 Å². The molecule has 2 heterocycles. The van der Waals surface area contributed by atoms with Crippen LogP contribution in [0.2, 0.25) is 0 Å². The van der Waals surface area contributed by atoms with E-state index in [9.17, 15) is 9.59 Å². The van der Waals surface area contributed by atoms with Crippen LogP contribution < -0.4 is 20.3 Å². The third kappa shape index (κ3) is 4.91. The molecule has 2 aromatic heterocycles. The highest BCUT2D eigenvalue weighted by Gasteiger charge is 2.18. The average molecular weight is 497 g/mol. The molecule has 0 saturated carbocycles. The minimum atomic E-state index is -0.394. The second kappa shape index (κ2) is 10.6. The molecule has 3 aromatic carbocycles. The number of ether oxygens (including phenoxy) is 2. The first-order chi connectivity index (χ1) is 18.1. The van der Waals surface area contributed by atoms with Crippen LogP contribution in [0.25, 0.3) is 21.8 Å². The van der Waals surface area contributed by atoms with Crippen molar-refractivity contribution in [2.24, 2.45) is 0 Å². The summed E-state index contributed by atoms with van der Waals surface area (Å²) in [6.45, 7) is 4.98. The van der Waals surface area contributed by atoms with Crippen molar-refractivity contribution in [3.63, 3.8) is 0 Å². The first-order valence-corrected chi connectivity index (χ1v) is 12.3. The smallest absolute Gasteiger partial charge is 0.291 e. The number of carbonyl (C=O) groups is 1. The molecule has 188 valence electrons. The van der Waals surface area contributed by atoms with Crippen LogP contribution in [-0.4, -0.2) is 33.5 Å². The first-order valence-electron chi connectivity index (χ1n) is 12.3. The quantitative estimate of drug-likeness (QED) is 0.316. The minimum Gasteiger partial charge on any atom is -0.494 e. The second-order valence-corrected chi connectivity index (χ2v) is 8.53. The van der Waals surface area contributed by atoms with Gasteiger partial charge < -0.3 is 19.4 Å². The topological polar surface area (TPSA) is 87.4 Å². The zero-order valence-corrected chi connectivity index (χ0v) is 20.8. The molecule has 1 amide bonds. The van der Waals surface area contributed by atoms with Crippen LogP contribution in [-0.2, 0) is 17.9 Å². The normalized spacial score (nSPS) is 11.1. The molecule has 0 saturated heterocycles. The minimum absolute atomic E-state index is 0.244. The largest absolute Gasteiger partial charge is 0.494 e. The van der Waals surface area contributed by atoms with Crippen LogP contribution in [0.4, 0.5) is 5.69 Å². The highest BCUT2D eigenvalue weighted by Crippen LogP contribution is 2.30. The molecule has 0 bridgehead atoms. The Kier molecular flexibility index (Phi) is 6.89. The Balaban J connectivity index is 1.50. The van der Waals surface area contributed by atoms with Gasteiger partial charge >= 0.3 is 0 Å². The van der Waals surface area contributed by atoms with Gasteiger partial charge in [0.2, 0.25) is 5.91 Å². The Morgan fingerprint density at radius 3 is 2.46 bits per heavy atom. The van der Waals surface area contributed by atoms with E-state index in [0.717, 1.165) is 21.9 Å². The molecule has 5 rings (SSSR count). The standard InChI is InChI=1S/C29H28N4O4/c1-3-36-21-14-15-26(37-4-2)24(16-21)31-27(34)19-33-29(35)28-23(17-30-33)22-12-8-9-13-25(22)32(28)18-20-10-6-5-7-11-20/h5-17H,3-4,18-19H2,1-2H3,(H,31,34). The Hall–Kier alpha value is -4.59. The third-order valence-electron chi connectivity index (χ3n) is 6.09. The summed E-state index contributed by atoms with van der Waals surface area (Å²) in [6.07, 6.45) is 1.66. The van der Waals surface area contributed by atoms with Crippen molar-refractivity contribution in [3.05, 3.63) is 94.9 Å². The summed E-state index contributed by atoms with van der Waals surface area (Å²) in [6, 6.07) is 23.1. The predicted octanol–water partition coefficient (Wildman–Crippen LogP) is 4.84.